The normalized spacial score (nSPS) is 12.0. The van der Waals surface area contributed by atoms with Crippen LogP contribution in [-0.4, -0.2) is 15.9 Å². The van der Waals surface area contributed by atoms with Crippen LogP contribution in [0.2, 0.25) is 0 Å². The lowest BCUT2D eigenvalue weighted by atomic mass is 10.0. The molecule has 28 heavy (non-hydrogen) atoms. The summed E-state index contributed by atoms with van der Waals surface area (Å²) >= 11 is 0. The maximum atomic E-state index is 12.5. The lowest BCUT2D eigenvalue weighted by Gasteiger charge is -2.17. The zero-order chi connectivity index (χ0) is 20.2. The van der Waals surface area contributed by atoms with Gasteiger partial charge in [-0.3, -0.25) is 0 Å². The van der Waals surface area contributed by atoms with E-state index in [1.165, 1.54) is 37.7 Å². The van der Waals surface area contributed by atoms with Gasteiger partial charge in [0.15, 0.2) is 0 Å². The number of aryl methyl sites for hydroxylation is 2. The fourth-order valence-corrected chi connectivity index (χ4v) is 3.21. The van der Waals surface area contributed by atoms with Gasteiger partial charge in [-0.2, -0.15) is 0 Å². The Morgan fingerprint density at radius 3 is 2.18 bits per heavy atom. The Morgan fingerprint density at radius 2 is 1.57 bits per heavy atom. The van der Waals surface area contributed by atoms with E-state index in [4.69, 9.17) is 4.74 Å². The van der Waals surface area contributed by atoms with E-state index in [2.05, 4.69) is 35.9 Å². The lowest BCUT2D eigenvalue weighted by Crippen LogP contribution is -2.12. The average Bonchev–Trinajstić information content (AvgIpc) is 2.75. The van der Waals surface area contributed by atoms with Gasteiger partial charge in [-0.1, -0.05) is 77.1 Å². The second-order valence-corrected chi connectivity index (χ2v) is 7.30. The van der Waals surface area contributed by atoms with Crippen molar-refractivity contribution in [1.29, 1.82) is 0 Å². The summed E-state index contributed by atoms with van der Waals surface area (Å²) in [6.45, 7) is 6.37. The number of carbonyl (C=O) groups is 1. The summed E-state index contributed by atoms with van der Waals surface area (Å²) in [7, 11) is 0. The number of ether oxygens (including phenoxy) is 1. The summed E-state index contributed by atoms with van der Waals surface area (Å²) in [5, 5.41) is 0. The van der Waals surface area contributed by atoms with Crippen LogP contribution in [0.3, 0.4) is 0 Å². The van der Waals surface area contributed by atoms with E-state index in [9.17, 15) is 4.79 Å². The second kappa shape index (κ2) is 12.3. The van der Waals surface area contributed by atoms with E-state index in [-0.39, 0.29) is 12.1 Å². The van der Waals surface area contributed by atoms with Crippen molar-refractivity contribution in [1.82, 2.24) is 9.97 Å². The third-order valence-electron chi connectivity index (χ3n) is 5.07. The predicted octanol–water partition coefficient (Wildman–Crippen LogP) is 6.25. The average molecular weight is 383 g/mol. The molecule has 0 bridgehead atoms. The molecular weight excluding hydrogens is 348 g/mol. The zero-order valence-electron chi connectivity index (χ0n) is 17.6. The molecule has 2 rings (SSSR count). The molecule has 2 aromatic rings. The topological polar surface area (TPSA) is 52.1 Å². The first-order chi connectivity index (χ1) is 13.7. The highest BCUT2D eigenvalue weighted by Gasteiger charge is 2.17. The molecular formula is C24H34N2O2. The van der Waals surface area contributed by atoms with E-state index in [0.29, 0.717) is 5.56 Å². The van der Waals surface area contributed by atoms with Crippen LogP contribution in [0.15, 0.2) is 36.7 Å². The Hall–Kier alpha value is -2.23. The van der Waals surface area contributed by atoms with Gasteiger partial charge in [0.2, 0.25) is 0 Å². The number of aromatic nitrogens is 2. The SMILES string of the molecule is CCCCCCCCc1ncc(C(=O)OC(CC)c2ccc(CC)cc2)cn1. The van der Waals surface area contributed by atoms with Gasteiger partial charge in [-0.25, -0.2) is 14.8 Å². The summed E-state index contributed by atoms with van der Waals surface area (Å²) in [5.41, 5.74) is 2.71. The molecule has 0 saturated heterocycles. The van der Waals surface area contributed by atoms with Gasteiger partial charge in [0.05, 0.1) is 5.56 Å². The minimum absolute atomic E-state index is 0.249. The molecule has 0 aliphatic carbocycles. The minimum atomic E-state index is -0.363. The number of nitrogens with zero attached hydrogens (tertiary/aromatic N) is 2. The molecule has 0 N–H and O–H groups in total. The molecule has 1 heterocycles. The molecule has 0 spiro atoms. The first-order valence-electron chi connectivity index (χ1n) is 10.8. The van der Waals surface area contributed by atoms with Gasteiger partial charge >= 0.3 is 5.97 Å². The van der Waals surface area contributed by atoms with Gasteiger partial charge in [0.1, 0.15) is 11.9 Å². The molecule has 4 heteroatoms. The van der Waals surface area contributed by atoms with Crippen molar-refractivity contribution in [3.05, 3.63) is 59.2 Å². The summed E-state index contributed by atoms with van der Waals surface area (Å²) in [4.78, 5) is 21.2. The highest BCUT2D eigenvalue weighted by atomic mass is 16.5. The molecule has 0 saturated carbocycles. The maximum absolute atomic E-state index is 12.5. The van der Waals surface area contributed by atoms with Crippen LogP contribution in [0.4, 0.5) is 0 Å². The smallest absolute Gasteiger partial charge is 0.341 e. The van der Waals surface area contributed by atoms with Crippen LogP contribution in [0, 0.1) is 0 Å². The molecule has 1 atom stereocenters. The number of hydrogen-bond donors (Lipinski definition) is 0. The van der Waals surface area contributed by atoms with Gasteiger partial charge in [0.25, 0.3) is 0 Å². The number of benzene rings is 1. The van der Waals surface area contributed by atoms with E-state index in [1.807, 2.05) is 19.1 Å². The molecule has 1 unspecified atom stereocenters. The van der Waals surface area contributed by atoms with E-state index in [0.717, 1.165) is 37.1 Å². The number of rotatable bonds is 12. The summed E-state index contributed by atoms with van der Waals surface area (Å²) < 4.78 is 5.70. The quantitative estimate of drug-likeness (QED) is 0.321. The molecule has 0 aliphatic heterocycles. The van der Waals surface area contributed by atoms with Crippen molar-refractivity contribution in [3.63, 3.8) is 0 Å². The Labute approximate surface area is 169 Å². The van der Waals surface area contributed by atoms with Crippen LogP contribution < -0.4 is 0 Å². The molecule has 4 nitrogen and oxygen atoms in total. The number of esters is 1. The monoisotopic (exact) mass is 382 g/mol. The molecule has 0 radical (unpaired) electrons. The van der Waals surface area contributed by atoms with E-state index >= 15 is 0 Å². The van der Waals surface area contributed by atoms with Crippen molar-refractivity contribution < 1.29 is 9.53 Å². The van der Waals surface area contributed by atoms with Gasteiger partial charge < -0.3 is 4.74 Å². The fraction of sp³-hybridized carbons (Fsp3) is 0.542. The van der Waals surface area contributed by atoms with Crippen molar-refractivity contribution in [3.8, 4) is 0 Å². The highest BCUT2D eigenvalue weighted by Crippen LogP contribution is 2.23. The largest absolute Gasteiger partial charge is 0.454 e. The molecule has 0 amide bonds. The summed E-state index contributed by atoms with van der Waals surface area (Å²) in [6, 6.07) is 8.26. The van der Waals surface area contributed by atoms with Crippen LogP contribution in [0.25, 0.3) is 0 Å². The van der Waals surface area contributed by atoms with Gasteiger partial charge in [0, 0.05) is 18.8 Å². The van der Waals surface area contributed by atoms with E-state index < -0.39 is 0 Å². The Bertz CT molecular complexity index is 696. The highest BCUT2D eigenvalue weighted by molar-refractivity contribution is 5.88. The Balaban J connectivity index is 1.85. The Morgan fingerprint density at radius 1 is 0.929 bits per heavy atom. The van der Waals surface area contributed by atoms with E-state index in [1.54, 1.807) is 12.4 Å². The number of unbranched alkanes of at least 4 members (excludes halogenated alkanes) is 5. The van der Waals surface area contributed by atoms with Crippen molar-refractivity contribution >= 4 is 5.97 Å². The number of hydrogen-bond acceptors (Lipinski definition) is 4. The third kappa shape index (κ3) is 7.06. The first kappa shape index (κ1) is 22.1. The van der Waals surface area contributed by atoms with Crippen molar-refractivity contribution in [2.75, 3.05) is 0 Å². The fourth-order valence-electron chi connectivity index (χ4n) is 3.21. The Kier molecular flexibility index (Phi) is 9.67. The van der Waals surface area contributed by atoms with Crippen LogP contribution in [0.1, 0.15) is 99.1 Å². The second-order valence-electron chi connectivity index (χ2n) is 7.30. The van der Waals surface area contributed by atoms with Crippen LogP contribution in [0.5, 0.6) is 0 Å². The van der Waals surface area contributed by atoms with Crippen molar-refractivity contribution in [2.45, 2.75) is 84.7 Å². The first-order valence-corrected chi connectivity index (χ1v) is 10.8. The molecule has 1 aromatic carbocycles. The molecule has 1 aromatic heterocycles. The van der Waals surface area contributed by atoms with Gasteiger partial charge in [-0.15, -0.1) is 0 Å². The zero-order valence-corrected chi connectivity index (χ0v) is 17.6. The van der Waals surface area contributed by atoms with Crippen LogP contribution >= 0.6 is 0 Å². The van der Waals surface area contributed by atoms with Crippen LogP contribution in [-0.2, 0) is 17.6 Å². The third-order valence-corrected chi connectivity index (χ3v) is 5.07. The van der Waals surface area contributed by atoms with Gasteiger partial charge in [-0.05, 0) is 30.4 Å². The predicted molar refractivity (Wildman–Crippen MR) is 113 cm³/mol. The van der Waals surface area contributed by atoms with Crippen molar-refractivity contribution in [2.24, 2.45) is 0 Å². The maximum Gasteiger partial charge on any atom is 0.341 e. The lowest BCUT2D eigenvalue weighted by molar-refractivity contribution is 0.0287. The minimum Gasteiger partial charge on any atom is -0.454 e. The summed E-state index contributed by atoms with van der Waals surface area (Å²) in [5.74, 6) is 0.437. The molecule has 0 aliphatic rings. The molecule has 0 fully saturated rings. The standard InChI is InChI=1S/C24H34N2O2/c1-4-7-8-9-10-11-12-23-25-17-21(18-26-23)24(27)28-22(6-3)20-15-13-19(5-2)14-16-20/h13-18,22H,4-12H2,1-3H3. The summed E-state index contributed by atoms with van der Waals surface area (Å²) in [6.07, 6.45) is 13.0. The molecule has 152 valence electrons. The number of carbonyl (C=O) groups excluding carboxylic acids is 1.